The van der Waals surface area contributed by atoms with Crippen LogP contribution < -0.4 is 10.6 Å². The zero-order valence-corrected chi connectivity index (χ0v) is 9.94. The first-order valence-corrected chi connectivity index (χ1v) is 6.23. The Labute approximate surface area is 101 Å². The zero-order chi connectivity index (χ0) is 11.8. The van der Waals surface area contributed by atoms with Crippen molar-refractivity contribution in [3.05, 3.63) is 23.9 Å². The van der Waals surface area contributed by atoms with Crippen molar-refractivity contribution in [1.82, 2.24) is 10.3 Å². The number of piperidine rings is 1. The zero-order valence-electron chi connectivity index (χ0n) is 9.94. The maximum absolute atomic E-state index is 12.1. The van der Waals surface area contributed by atoms with Crippen LogP contribution in [-0.2, 0) is 4.79 Å². The smallest absolute Gasteiger partial charge is 0.242 e. The van der Waals surface area contributed by atoms with E-state index in [1.54, 1.807) is 0 Å². The Morgan fingerprint density at radius 3 is 3.00 bits per heavy atom. The van der Waals surface area contributed by atoms with E-state index in [0.29, 0.717) is 17.8 Å². The van der Waals surface area contributed by atoms with Crippen LogP contribution in [0.15, 0.2) is 18.2 Å². The molecule has 2 aliphatic rings. The van der Waals surface area contributed by atoms with Crippen molar-refractivity contribution >= 4 is 11.7 Å². The van der Waals surface area contributed by atoms with Crippen LogP contribution in [0.4, 0.5) is 5.82 Å². The van der Waals surface area contributed by atoms with Gasteiger partial charge in [0.15, 0.2) is 0 Å². The van der Waals surface area contributed by atoms with E-state index >= 15 is 0 Å². The predicted molar refractivity (Wildman–Crippen MR) is 65.7 cm³/mol. The van der Waals surface area contributed by atoms with Crippen molar-refractivity contribution in [2.45, 2.75) is 38.3 Å². The van der Waals surface area contributed by atoms with Crippen LogP contribution in [0.1, 0.15) is 25.0 Å². The van der Waals surface area contributed by atoms with E-state index in [2.05, 4.69) is 15.6 Å². The predicted octanol–water partition coefficient (Wildman–Crippen LogP) is 1.47. The summed E-state index contributed by atoms with van der Waals surface area (Å²) in [5.41, 5.74) is 0.920. The van der Waals surface area contributed by atoms with Gasteiger partial charge in [0.1, 0.15) is 5.82 Å². The second-order valence-corrected chi connectivity index (χ2v) is 5.07. The Morgan fingerprint density at radius 2 is 2.35 bits per heavy atom. The minimum absolute atomic E-state index is 0.0175. The molecule has 90 valence electrons. The van der Waals surface area contributed by atoms with Gasteiger partial charge in [-0.05, 0) is 44.2 Å². The lowest BCUT2D eigenvalue weighted by Gasteiger charge is -2.21. The molecule has 3 atom stereocenters. The number of pyridine rings is 1. The van der Waals surface area contributed by atoms with E-state index in [-0.39, 0.29) is 11.9 Å². The van der Waals surface area contributed by atoms with E-state index in [9.17, 15) is 4.79 Å². The summed E-state index contributed by atoms with van der Waals surface area (Å²) in [5.74, 6) is 1.24. The maximum atomic E-state index is 12.1. The van der Waals surface area contributed by atoms with Crippen LogP contribution in [0.25, 0.3) is 0 Å². The van der Waals surface area contributed by atoms with Crippen LogP contribution >= 0.6 is 0 Å². The monoisotopic (exact) mass is 231 g/mol. The highest BCUT2D eigenvalue weighted by Gasteiger charge is 2.42. The lowest BCUT2D eigenvalue weighted by atomic mass is 9.99. The van der Waals surface area contributed by atoms with Crippen LogP contribution in [0.2, 0.25) is 0 Å². The third-order valence-electron chi connectivity index (χ3n) is 3.78. The molecule has 2 unspecified atom stereocenters. The lowest BCUT2D eigenvalue weighted by Crippen LogP contribution is -2.44. The van der Waals surface area contributed by atoms with Gasteiger partial charge in [-0.3, -0.25) is 4.79 Å². The molecule has 1 saturated carbocycles. The van der Waals surface area contributed by atoms with E-state index in [1.165, 1.54) is 12.8 Å². The van der Waals surface area contributed by atoms with Crippen LogP contribution in [0, 0.1) is 12.8 Å². The Hall–Kier alpha value is -1.42. The van der Waals surface area contributed by atoms with Gasteiger partial charge in [0.2, 0.25) is 5.91 Å². The number of amides is 1. The molecule has 0 radical (unpaired) electrons. The standard InChI is InChI=1S/C13H17N3O/c1-8-3-2-4-11(14-8)16-13(17)12-9-5-6-10(7-9)15-12/h2-4,9-10,12,15H,5-7H2,1H3,(H,14,16,17)/t9?,10?,12-/m0/s1. The number of hydrogen-bond acceptors (Lipinski definition) is 3. The fourth-order valence-electron chi connectivity index (χ4n) is 2.97. The van der Waals surface area contributed by atoms with E-state index in [4.69, 9.17) is 0 Å². The number of hydrogen-bond donors (Lipinski definition) is 2. The average Bonchev–Trinajstić information content (AvgIpc) is 2.90. The van der Waals surface area contributed by atoms with Gasteiger partial charge >= 0.3 is 0 Å². The van der Waals surface area contributed by atoms with Gasteiger partial charge in [0.05, 0.1) is 6.04 Å². The molecule has 3 rings (SSSR count). The number of aromatic nitrogens is 1. The Morgan fingerprint density at radius 1 is 1.47 bits per heavy atom. The van der Waals surface area contributed by atoms with Crippen LogP contribution in [-0.4, -0.2) is 23.0 Å². The average molecular weight is 231 g/mol. The second-order valence-electron chi connectivity index (χ2n) is 5.07. The number of nitrogens with one attached hydrogen (secondary N) is 2. The van der Waals surface area contributed by atoms with Gasteiger partial charge in [-0.1, -0.05) is 6.07 Å². The van der Waals surface area contributed by atoms with Crippen molar-refractivity contribution in [3.8, 4) is 0 Å². The fourth-order valence-corrected chi connectivity index (χ4v) is 2.97. The van der Waals surface area contributed by atoms with Gasteiger partial charge < -0.3 is 10.6 Å². The number of carbonyl (C=O) groups excluding carboxylic acids is 1. The number of carbonyl (C=O) groups is 1. The SMILES string of the molecule is Cc1cccc(NC(=O)[C@H]2NC3CCC2C3)n1. The first kappa shape index (κ1) is 10.7. The summed E-state index contributed by atoms with van der Waals surface area (Å²) >= 11 is 0. The highest BCUT2D eigenvalue weighted by Crippen LogP contribution is 2.35. The van der Waals surface area contributed by atoms with Crippen molar-refractivity contribution in [3.63, 3.8) is 0 Å². The summed E-state index contributed by atoms with van der Waals surface area (Å²) in [6.07, 6.45) is 3.55. The topological polar surface area (TPSA) is 54.0 Å². The molecule has 1 saturated heterocycles. The molecule has 17 heavy (non-hydrogen) atoms. The second kappa shape index (κ2) is 4.11. The number of rotatable bonds is 2. The first-order valence-electron chi connectivity index (χ1n) is 6.23. The quantitative estimate of drug-likeness (QED) is 0.810. The molecule has 0 spiro atoms. The van der Waals surface area contributed by atoms with Crippen molar-refractivity contribution < 1.29 is 4.79 Å². The molecule has 1 amide bonds. The Kier molecular flexibility index (Phi) is 2.59. The Bertz CT molecular complexity index is 446. The highest BCUT2D eigenvalue weighted by atomic mass is 16.2. The molecule has 4 heteroatoms. The van der Waals surface area contributed by atoms with E-state index in [0.717, 1.165) is 12.1 Å². The molecular formula is C13H17N3O. The molecule has 2 bridgehead atoms. The van der Waals surface area contributed by atoms with E-state index < -0.39 is 0 Å². The summed E-state index contributed by atoms with van der Waals surface area (Å²) in [7, 11) is 0. The summed E-state index contributed by atoms with van der Waals surface area (Å²) in [4.78, 5) is 16.4. The van der Waals surface area contributed by atoms with Crippen LogP contribution in [0.5, 0.6) is 0 Å². The lowest BCUT2D eigenvalue weighted by molar-refractivity contribution is -0.119. The minimum Gasteiger partial charge on any atom is -0.309 e. The van der Waals surface area contributed by atoms with Gasteiger partial charge in [0, 0.05) is 11.7 Å². The summed E-state index contributed by atoms with van der Waals surface area (Å²) < 4.78 is 0. The molecular weight excluding hydrogens is 214 g/mol. The van der Waals surface area contributed by atoms with Crippen molar-refractivity contribution in [2.24, 2.45) is 5.92 Å². The highest BCUT2D eigenvalue weighted by molar-refractivity contribution is 5.94. The van der Waals surface area contributed by atoms with Crippen molar-refractivity contribution in [2.75, 3.05) is 5.32 Å². The Balaban J connectivity index is 1.68. The van der Waals surface area contributed by atoms with Crippen molar-refractivity contribution in [1.29, 1.82) is 0 Å². The maximum Gasteiger partial charge on any atom is 0.242 e. The normalized spacial score (nSPS) is 30.5. The molecule has 2 heterocycles. The summed E-state index contributed by atoms with van der Waals surface area (Å²) in [5, 5.41) is 6.28. The van der Waals surface area contributed by atoms with Gasteiger partial charge in [-0.2, -0.15) is 0 Å². The van der Waals surface area contributed by atoms with Gasteiger partial charge in [-0.15, -0.1) is 0 Å². The third kappa shape index (κ3) is 2.05. The minimum atomic E-state index is -0.0175. The molecule has 2 N–H and O–H groups in total. The number of fused-ring (bicyclic) bond motifs is 2. The van der Waals surface area contributed by atoms with Gasteiger partial charge in [0.25, 0.3) is 0 Å². The van der Waals surface area contributed by atoms with Gasteiger partial charge in [-0.25, -0.2) is 4.98 Å². The molecule has 0 aromatic carbocycles. The first-order chi connectivity index (χ1) is 8.22. The molecule has 1 aromatic rings. The number of aryl methyl sites for hydroxylation is 1. The molecule has 1 aliphatic carbocycles. The largest absolute Gasteiger partial charge is 0.309 e. The molecule has 4 nitrogen and oxygen atoms in total. The van der Waals surface area contributed by atoms with Crippen LogP contribution in [0.3, 0.4) is 0 Å². The molecule has 1 aliphatic heterocycles. The summed E-state index contributed by atoms with van der Waals surface area (Å²) in [6, 6.07) is 6.20. The molecule has 1 aromatic heterocycles. The summed E-state index contributed by atoms with van der Waals surface area (Å²) in [6.45, 7) is 1.92. The molecule has 2 fully saturated rings. The number of nitrogens with zero attached hydrogens (tertiary/aromatic N) is 1. The number of anilines is 1. The van der Waals surface area contributed by atoms with E-state index in [1.807, 2.05) is 25.1 Å². The third-order valence-corrected chi connectivity index (χ3v) is 3.78. The fraction of sp³-hybridized carbons (Fsp3) is 0.538.